The van der Waals surface area contributed by atoms with Crippen LogP contribution in [0.2, 0.25) is 0 Å². The maximum atomic E-state index is 12.4. The largest absolute Gasteiger partial charge is 0.394 e. The van der Waals surface area contributed by atoms with Gasteiger partial charge in [0.05, 0.1) is 43.2 Å². The molecule has 6 rings (SSSR count). The molecule has 15 heteroatoms. The van der Waals surface area contributed by atoms with E-state index in [1.165, 1.54) is 0 Å². The van der Waals surface area contributed by atoms with Crippen molar-refractivity contribution in [2.45, 2.75) is 191 Å². The molecule has 4 aliphatic carbocycles. The predicted molar refractivity (Wildman–Crippen MR) is 204 cm³/mol. The second kappa shape index (κ2) is 16.1. The number of ether oxygens (including phenoxy) is 4. The third-order valence-corrected chi connectivity index (χ3v) is 16.9. The Morgan fingerprint density at radius 1 is 0.772 bits per heavy atom. The van der Waals surface area contributed by atoms with Gasteiger partial charge in [0.1, 0.15) is 48.8 Å². The first-order valence-corrected chi connectivity index (χ1v) is 21.1. The standard InChI is InChI=1S/C42H72O15/c1-19(2)21(44)10-14-42(8,57-37-34(52)32(50)30(48)25(56-37)18-54-36-33(51)31(49)29(47)24(17-43)55-36)20-9-12-41(7)28(20)22(45)15-27-39(5)16-23(46)35(53)38(3,4)26(39)11-13-40(27,41)6/h20-37,43-53H,1,9-18H2,2-8H3. The zero-order valence-corrected chi connectivity index (χ0v) is 34.7. The van der Waals surface area contributed by atoms with Crippen LogP contribution in [0.3, 0.4) is 0 Å². The van der Waals surface area contributed by atoms with Gasteiger partial charge in [0.15, 0.2) is 12.6 Å². The first kappa shape index (κ1) is 45.7. The van der Waals surface area contributed by atoms with Crippen LogP contribution in [0.15, 0.2) is 12.2 Å². The topological polar surface area (TPSA) is 259 Å². The van der Waals surface area contributed by atoms with Crippen molar-refractivity contribution in [1.29, 1.82) is 0 Å². The monoisotopic (exact) mass is 816 g/mol. The minimum Gasteiger partial charge on any atom is -0.394 e. The van der Waals surface area contributed by atoms with Gasteiger partial charge in [-0.25, -0.2) is 0 Å². The summed E-state index contributed by atoms with van der Waals surface area (Å²) in [7, 11) is 0. The van der Waals surface area contributed by atoms with Gasteiger partial charge in [-0.3, -0.25) is 0 Å². The van der Waals surface area contributed by atoms with Gasteiger partial charge in [-0.05, 0) is 111 Å². The summed E-state index contributed by atoms with van der Waals surface area (Å²) in [6.45, 7) is 17.3. The Morgan fingerprint density at radius 2 is 1.35 bits per heavy atom. The fraction of sp³-hybridized carbons (Fsp3) is 0.952. The third-order valence-electron chi connectivity index (χ3n) is 16.9. The van der Waals surface area contributed by atoms with Crippen molar-refractivity contribution in [2.24, 2.45) is 45.3 Å². The fourth-order valence-electron chi connectivity index (χ4n) is 13.4. The van der Waals surface area contributed by atoms with E-state index in [0.29, 0.717) is 24.8 Å². The van der Waals surface area contributed by atoms with Crippen LogP contribution in [0.4, 0.5) is 0 Å². The number of aliphatic hydroxyl groups excluding tert-OH is 11. The van der Waals surface area contributed by atoms with E-state index in [1.807, 2.05) is 20.8 Å². The van der Waals surface area contributed by atoms with E-state index in [9.17, 15) is 56.2 Å². The summed E-state index contributed by atoms with van der Waals surface area (Å²) in [6.07, 6.45) is -14.5. The van der Waals surface area contributed by atoms with Crippen molar-refractivity contribution < 1.29 is 75.1 Å². The van der Waals surface area contributed by atoms with Crippen molar-refractivity contribution in [1.82, 2.24) is 0 Å². The number of fused-ring (bicyclic) bond motifs is 5. The van der Waals surface area contributed by atoms with Gasteiger partial charge in [0.25, 0.3) is 0 Å². The average molecular weight is 817 g/mol. The van der Waals surface area contributed by atoms with Gasteiger partial charge in [0, 0.05) is 0 Å². The highest BCUT2D eigenvalue weighted by molar-refractivity contribution is 5.21. The highest BCUT2D eigenvalue weighted by Crippen LogP contribution is 2.76. The molecule has 2 saturated heterocycles. The molecule has 0 aromatic heterocycles. The third kappa shape index (κ3) is 7.39. The predicted octanol–water partition coefficient (Wildman–Crippen LogP) is 0.0906. The molecule has 0 aromatic carbocycles. The Bertz CT molecular complexity index is 1430. The lowest BCUT2D eigenvalue weighted by Crippen LogP contribution is -2.68. The van der Waals surface area contributed by atoms with Crippen molar-refractivity contribution in [2.75, 3.05) is 13.2 Å². The fourth-order valence-corrected chi connectivity index (χ4v) is 13.4. The second-order valence-corrected chi connectivity index (χ2v) is 20.4. The van der Waals surface area contributed by atoms with Crippen molar-refractivity contribution in [3.05, 3.63) is 12.2 Å². The highest BCUT2D eigenvalue weighted by Gasteiger charge is 2.72. The van der Waals surface area contributed by atoms with Gasteiger partial charge in [-0.15, -0.1) is 0 Å². The van der Waals surface area contributed by atoms with Crippen molar-refractivity contribution in [3.8, 4) is 0 Å². The molecule has 2 heterocycles. The van der Waals surface area contributed by atoms with Crippen LogP contribution in [-0.4, -0.2) is 161 Å². The van der Waals surface area contributed by atoms with Crippen molar-refractivity contribution in [3.63, 3.8) is 0 Å². The zero-order valence-electron chi connectivity index (χ0n) is 34.7. The first-order chi connectivity index (χ1) is 26.4. The van der Waals surface area contributed by atoms with Gasteiger partial charge in [-0.1, -0.05) is 46.8 Å². The zero-order chi connectivity index (χ0) is 42.4. The van der Waals surface area contributed by atoms with Crippen LogP contribution < -0.4 is 0 Å². The van der Waals surface area contributed by atoms with E-state index >= 15 is 0 Å². The van der Waals surface area contributed by atoms with Gasteiger partial charge in [-0.2, -0.15) is 0 Å². The quantitative estimate of drug-likeness (QED) is 0.124. The van der Waals surface area contributed by atoms with E-state index in [2.05, 4.69) is 27.4 Å². The van der Waals surface area contributed by atoms with E-state index in [4.69, 9.17) is 18.9 Å². The molecule has 0 radical (unpaired) electrons. The molecule has 15 nitrogen and oxygen atoms in total. The number of rotatable bonds is 11. The van der Waals surface area contributed by atoms with Crippen LogP contribution in [-0.2, 0) is 18.9 Å². The van der Waals surface area contributed by atoms with Crippen LogP contribution in [0.5, 0.6) is 0 Å². The minimum atomic E-state index is -1.75. The molecule has 0 spiro atoms. The lowest BCUT2D eigenvalue weighted by atomic mass is 9.35. The Balaban J connectivity index is 1.27. The molecule has 22 atom stereocenters. The van der Waals surface area contributed by atoms with E-state index in [0.717, 1.165) is 19.3 Å². The minimum absolute atomic E-state index is 0.0576. The van der Waals surface area contributed by atoms with Crippen LogP contribution in [0, 0.1) is 45.3 Å². The molecule has 4 saturated carbocycles. The van der Waals surface area contributed by atoms with Gasteiger partial charge >= 0.3 is 0 Å². The lowest BCUT2D eigenvalue weighted by molar-refractivity contribution is -0.350. The van der Waals surface area contributed by atoms with Crippen LogP contribution >= 0.6 is 0 Å². The lowest BCUT2D eigenvalue weighted by Gasteiger charge is -2.71. The van der Waals surface area contributed by atoms with E-state index in [-0.39, 0.29) is 52.8 Å². The summed E-state index contributed by atoms with van der Waals surface area (Å²) in [4.78, 5) is 0. The maximum Gasteiger partial charge on any atom is 0.187 e. The molecule has 0 aromatic rings. The summed E-state index contributed by atoms with van der Waals surface area (Å²) in [5, 5.41) is 120. The SMILES string of the molecule is C=C(C)C(O)CCC(C)(OC1OC(COC2OC(CO)C(O)C(O)C2O)C(O)C(O)C1O)C1CCC2(C)C1C(O)CC1C3(C)CC(O)C(O)C(C)(C)C3CCC12C. The molecule has 6 aliphatic rings. The summed E-state index contributed by atoms with van der Waals surface area (Å²) >= 11 is 0. The molecule has 22 unspecified atom stereocenters. The molecule has 0 bridgehead atoms. The smallest absolute Gasteiger partial charge is 0.187 e. The molecule has 2 aliphatic heterocycles. The molecule has 330 valence electrons. The average Bonchev–Trinajstić information content (AvgIpc) is 3.53. The molecule has 57 heavy (non-hydrogen) atoms. The van der Waals surface area contributed by atoms with E-state index in [1.54, 1.807) is 6.92 Å². The Hall–Kier alpha value is -0.860. The Kier molecular flexibility index (Phi) is 12.9. The molecule has 11 N–H and O–H groups in total. The molecule has 6 fully saturated rings. The highest BCUT2D eigenvalue weighted by atomic mass is 16.7. The maximum absolute atomic E-state index is 12.4. The summed E-state index contributed by atoms with van der Waals surface area (Å²) in [6, 6.07) is 0. The Labute approximate surface area is 336 Å². The molecular weight excluding hydrogens is 744 g/mol. The van der Waals surface area contributed by atoms with Crippen LogP contribution in [0.25, 0.3) is 0 Å². The van der Waals surface area contributed by atoms with Gasteiger partial charge in [0.2, 0.25) is 0 Å². The number of hydrogen-bond acceptors (Lipinski definition) is 15. The second-order valence-electron chi connectivity index (χ2n) is 20.4. The summed E-state index contributed by atoms with van der Waals surface area (Å²) < 4.78 is 24.0. The molecule has 0 amide bonds. The van der Waals surface area contributed by atoms with Crippen LogP contribution in [0.1, 0.15) is 99.8 Å². The normalized spacial score (nSPS) is 52.6. The van der Waals surface area contributed by atoms with Crippen molar-refractivity contribution >= 4 is 0 Å². The number of aliphatic hydroxyl groups is 11. The first-order valence-electron chi connectivity index (χ1n) is 21.1. The molecular formula is C42H72O15. The number of hydrogen-bond donors (Lipinski definition) is 11. The van der Waals surface area contributed by atoms with Gasteiger partial charge < -0.3 is 75.1 Å². The summed E-state index contributed by atoms with van der Waals surface area (Å²) in [5.41, 5.74) is -2.08. The van der Waals surface area contributed by atoms with E-state index < -0.39 is 110 Å². The summed E-state index contributed by atoms with van der Waals surface area (Å²) in [5.74, 6) is -0.383. The Morgan fingerprint density at radius 3 is 1.96 bits per heavy atom.